The molecule has 0 fully saturated rings. The van der Waals surface area contributed by atoms with E-state index in [4.69, 9.17) is 0 Å². The van der Waals surface area contributed by atoms with Crippen molar-refractivity contribution in [2.75, 3.05) is 0 Å². The lowest BCUT2D eigenvalue weighted by Gasteiger charge is -2.33. The number of carboxylic acids is 1. The van der Waals surface area contributed by atoms with Crippen LogP contribution < -0.4 is 5.11 Å². The standard InChI is InChI=1S/C28H30O2/c1-19-9-11-22(12-10-19)24-15-16-28(4,5)26-14-13-23(18-25(24)26)21(3)8-6-7-20(2)17-27(29)30/h6-15,17-18H,16H2,1-5H3,(H,29,30)/p-1/b7-6+,20-17+,21-8+. The normalized spacial score (nSPS) is 16.4. The maximum Gasteiger partial charge on any atom is 0.0645 e. The summed E-state index contributed by atoms with van der Waals surface area (Å²) in [7, 11) is 0. The quantitative estimate of drug-likeness (QED) is 0.475. The zero-order chi connectivity index (χ0) is 21.9. The molecule has 2 heteroatoms. The van der Waals surface area contributed by atoms with Crippen molar-refractivity contribution in [3.05, 3.63) is 106 Å². The van der Waals surface area contributed by atoms with Crippen LogP contribution in [0.4, 0.5) is 0 Å². The van der Waals surface area contributed by atoms with Gasteiger partial charge in [0.2, 0.25) is 0 Å². The van der Waals surface area contributed by atoms with Gasteiger partial charge in [-0.25, -0.2) is 0 Å². The van der Waals surface area contributed by atoms with Gasteiger partial charge in [0.05, 0.1) is 5.97 Å². The molecular weight excluding hydrogens is 368 g/mol. The van der Waals surface area contributed by atoms with E-state index in [2.05, 4.69) is 76.2 Å². The third-order valence-corrected chi connectivity index (χ3v) is 5.72. The lowest BCUT2D eigenvalue weighted by molar-refractivity contribution is -0.297. The number of carbonyl (C=O) groups excluding carboxylic acids is 1. The molecule has 0 aromatic heterocycles. The molecule has 2 aromatic carbocycles. The maximum atomic E-state index is 10.6. The molecule has 2 aromatic rings. The Hall–Kier alpha value is -3.13. The van der Waals surface area contributed by atoms with Gasteiger partial charge in [0.25, 0.3) is 0 Å². The lowest BCUT2D eigenvalue weighted by Crippen LogP contribution is -2.22. The molecule has 0 radical (unpaired) electrons. The molecule has 0 saturated carbocycles. The van der Waals surface area contributed by atoms with E-state index >= 15 is 0 Å². The van der Waals surface area contributed by atoms with Gasteiger partial charge in [0.1, 0.15) is 0 Å². The van der Waals surface area contributed by atoms with Crippen molar-refractivity contribution < 1.29 is 9.90 Å². The summed E-state index contributed by atoms with van der Waals surface area (Å²) in [5.41, 5.74) is 9.51. The minimum atomic E-state index is -1.18. The average molecular weight is 398 g/mol. The Labute approximate surface area is 180 Å². The largest absolute Gasteiger partial charge is 0.545 e. The van der Waals surface area contributed by atoms with Gasteiger partial charge in [0.15, 0.2) is 0 Å². The van der Waals surface area contributed by atoms with Crippen LogP contribution >= 0.6 is 0 Å². The van der Waals surface area contributed by atoms with Gasteiger partial charge in [-0.1, -0.05) is 80.1 Å². The Morgan fingerprint density at radius 2 is 1.77 bits per heavy atom. The Bertz CT molecular complexity index is 1070. The molecule has 0 aliphatic heterocycles. The molecule has 0 N–H and O–H groups in total. The predicted octanol–water partition coefficient (Wildman–Crippen LogP) is 5.76. The van der Waals surface area contributed by atoms with Crippen LogP contribution in [0.15, 0.2) is 78.4 Å². The van der Waals surface area contributed by atoms with Crippen molar-refractivity contribution in [1.29, 1.82) is 0 Å². The molecule has 30 heavy (non-hydrogen) atoms. The van der Waals surface area contributed by atoms with Crippen molar-refractivity contribution in [1.82, 2.24) is 0 Å². The second-order valence-electron chi connectivity index (χ2n) is 8.75. The maximum absolute atomic E-state index is 10.6. The summed E-state index contributed by atoms with van der Waals surface area (Å²) in [6.45, 7) is 10.5. The van der Waals surface area contributed by atoms with E-state index < -0.39 is 5.97 Å². The SMILES string of the molecule is CC(/C=C/C=C(\C)c1ccc2c(c1)C(c1ccc(C)cc1)=CCC2(C)C)=C\C(=O)[O-]. The van der Waals surface area contributed by atoms with Crippen molar-refractivity contribution in [3.63, 3.8) is 0 Å². The number of rotatable bonds is 5. The molecule has 0 bridgehead atoms. The van der Waals surface area contributed by atoms with Crippen LogP contribution in [0.1, 0.15) is 61.9 Å². The summed E-state index contributed by atoms with van der Waals surface area (Å²) in [6.07, 6.45) is 10.1. The van der Waals surface area contributed by atoms with Gasteiger partial charge < -0.3 is 9.90 Å². The third kappa shape index (κ3) is 4.88. The number of hydrogen-bond acceptors (Lipinski definition) is 2. The first-order valence-electron chi connectivity index (χ1n) is 10.3. The second kappa shape index (κ2) is 8.71. The fraction of sp³-hybridized carbons (Fsp3) is 0.250. The highest BCUT2D eigenvalue weighted by Crippen LogP contribution is 2.42. The molecular formula is C28H29O2-. The molecule has 1 aliphatic rings. The van der Waals surface area contributed by atoms with Crippen molar-refractivity contribution in [3.8, 4) is 0 Å². The fourth-order valence-corrected chi connectivity index (χ4v) is 3.86. The second-order valence-corrected chi connectivity index (χ2v) is 8.75. The van der Waals surface area contributed by atoms with Crippen LogP contribution in [0.5, 0.6) is 0 Å². The molecule has 0 saturated heterocycles. The van der Waals surface area contributed by atoms with Crippen LogP contribution in [0.3, 0.4) is 0 Å². The monoisotopic (exact) mass is 397 g/mol. The lowest BCUT2D eigenvalue weighted by atomic mass is 9.71. The van der Waals surface area contributed by atoms with Crippen LogP contribution in [-0.2, 0) is 10.2 Å². The van der Waals surface area contributed by atoms with Crippen molar-refractivity contribution in [2.45, 2.75) is 46.5 Å². The molecule has 0 unspecified atom stereocenters. The van der Waals surface area contributed by atoms with Gasteiger partial charge in [-0.3, -0.25) is 0 Å². The number of aliphatic carboxylic acids is 1. The summed E-state index contributed by atoms with van der Waals surface area (Å²) in [5.74, 6) is -1.18. The number of carbonyl (C=O) groups is 1. The van der Waals surface area contributed by atoms with E-state index in [1.54, 1.807) is 13.0 Å². The van der Waals surface area contributed by atoms with Gasteiger partial charge >= 0.3 is 0 Å². The third-order valence-electron chi connectivity index (χ3n) is 5.72. The number of fused-ring (bicyclic) bond motifs is 1. The predicted molar refractivity (Wildman–Crippen MR) is 124 cm³/mol. The van der Waals surface area contributed by atoms with Crippen molar-refractivity contribution in [2.24, 2.45) is 0 Å². The van der Waals surface area contributed by atoms with Gasteiger partial charge in [-0.15, -0.1) is 0 Å². The Kier molecular flexibility index (Phi) is 6.26. The van der Waals surface area contributed by atoms with E-state index in [9.17, 15) is 9.90 Å². The topological polar surface area (TPSA) is 40.1 Å². The average Bonchev–Trinajstić information content (AvgIpc) is 2.68. The Balaban J connectivity index is 1.99. The number of allylic oxidation sites excluding steroid dienone is 6. The molecule has 0 spiro atoms. The molecule has 0 atom stereocenters. The summed E-state index contributed by atoms with van der Waals surface area (Å²) in [5, 5.41) is 10.6. The molecule has 1 aliphatic carbocycles. The number of carboxylic acid groups (broad SMARTS) is 1. The number of hydrogen-bond donors (Lipinski definition) is 0. The number of benzene rings is 2. The molecule has 0 heterocycles. The van der Waals surface area contributed by atoms with E-state index in [1.165, 1.54) is 27.8 Å². The summed E-state index contributed by atoms with van der Waals surface area (Å²) in [4.78, 5) is 10.6. The Morgan fingerprint density at radius 3 is 2.43 bits per heavy atom. The summed E-state index contributed by atoms with van der Waals surface area (Å²) in [6, 6.07) is 15.5. The Morgan fingerprint density at radius 1 is 1.07 bits per heavy atom. The van der Waals surface area contributed by atoms with Gasteiger partial charge in [-0.05, 0) is 83.7 Å². The highest BCUT2D eigenvalue weighted by molar-refractivity contribution is 5.85. The van der Waals surface area contributed by atoms with E-state index in [0.717, 1.165) is 23.6 Å². The molecule has 3 rings (SSSR count). The number of aryl methyl sites for hydroxylation is 1. The van der Waals surface area contributed by atoms with Crippen LogP contribution in [0.2, 0.25) is 0 Å². The van der Waals surface area contributed by atoms with Crippen molar-refractivity contribution >= 4 is 17.1 Å². The molecule has 154 valence electrons. The summed E-state index contributed by atoms with van der Waals surface area (Å²) >= 11 is 0. The highest BCUT2D eigenvalue weighted by Gasteiger charge is 2.28. The highest BCUT2D eigenvalue weighted by atomic mass is 16.4. The fourth-order valence-electron chi connectivity index (χ4n) is 3.86. The first-order valence-corrected chi connectivity index (χ1v) is 10.3. The van der Waals surface area contributed by atoms with Crippen LogP contribution in [0.25, 0.3) is 11.1 Å². The molecule has 2 nitrogen and oxygen atoms in total. The zero-order valence-corrected chi connectivity index (χ0v) is 18.5. The smallest absolute Gasteiger partial charge is 0.0645 e. The first-order chi connectivity index (χ1) is 14.2. The summed E-state index contributed by atoms with van der Waals surface area (Å²) < 4.78 is 0. The molecule has 0 amide bonds. The van der Waals surface area contributed by atoms with E-state index in [0.29, 0.717) is 5.57 Å². The minimum Gasteiger partial charge on any atom is -0.545 e. The first kappa shape index (κ1) is 21.6. The van der Waals surface area contributed by atoms with Gasteiger partial charge in [0, 0.05) is 0 Å². The zero-order valence-electron chi connectivity index (χ0n) is 18.5. The van der Waals surface area contributed by atoms with Crippen LogP contribution in [0, 0.1) is 6.92 Å². The minimum absolute atomic E-state index is 0.104. The van der Waals surface area contributed by atoms with E-state index in [1.807, 2.05) is 12.2 Å². The van der Waals surface area contributed by atoms with Crippen LogP contribution in [-0.4, -0.2) is 5.97 Å². The van der Waals surface area contributed by atoms with E-state index in [-0.39, 0.29) is 5.41 Å². The van der Waals surface area contributed by atoms with Gasteiger partial charge in [-0.2, -0.15) is 0 Å².